The Balaban J connectivity index is 2.22. The second-order valence-electron chi connectivity index (χ2n) is 4.95. The Bertz CT molecular complexity index is 497. The summed E-state index contributed by atoms with van der Waals surface area (Å²) in [7, 11) is 1.44. The minimum atomic E-state index is -0.378. The summed E-state index contributed by atoms with van der Waals surface area (Å²) in [6.45, 7) is 2.01. The van der Waals surface area contributed by atoms with Crippen LogP contribution in [0.1, 0.15) is 25.3 Å². The Hall–Kier alpha value is -1.49. The third-order valence-corrected chi connectivity index (χ3v) is 3.94. The maximum absolute atomic E-state index is 14.5. The zero-order chi connectivity index (χ0) is 12.9. The van der Waals surface area contributed by atoms with Gasteiger partial charge in [-0.1, -0.05) is 0 Å². The summed E-state index contributed by atoms with van der Waals surface area (Å²) in [6.07, 6.45) is 1.73. The van der Waals surface area contributed by atoms with Gasteiger partial charge in [0.2, 0.25) is 6.79 Å². The Kier molecular flexibility index (Phi) is 2.41. The number of halogens is 1. The molecule has 3 rings (SSSR count). The molecule has 2 aliphatic rings. The van der Waals surface area contributed by atoms with Gasteiger partial charge in [0, 0.05) is 23.1 Å². The average molecular weight is 253 g/mol. The first-order valence-electron chi connectivity index (χ1n) is 6.02. The third-order valence-electron chi connectivity index (χ3n) is 3.94. The van der Waals surface area contributed by atoms with E-state index < -0.39 is 0 Å². The molecule has 0 amide bonds. The van der Waals surface area contributed by atoms with Crippen LogP contribution < -0.4 is 19.9 Å². The molecule has 1 aliphatic heterocycles. The normalized spacial score (nSPS) is 20.7. The number of fused-ring (bicyclic) bond motifs is 1. The molecule has 0 spiro atoms. The van der Waals surface area contributed by atoms with Crippen LogP contribution in [0.2, 0.25) is 0 Å². The molecule has 2 N–H and O–H groups in total. The van der Waals surface area contributed by atoms with Crippen LogP contribution in [-0.4, -0.2) is 19.9 Å². The van der Waals surface area contributed by atoms with E-state index in [0.29, 0.717) is 17.1 Å². The quantitative estimate of drug-likeness (QED) is 0.894. The second kappa shape index (κ2) is 3.75. The SMILES string of the molecule is COc1cc2c(c(C3(C(C)N)CC3)c1F)OCO2. The van der Waals surface area contributed by atoms with Gasteiger partial charge < -0.3 is 19.9 Å². The van der Waals surface area contributed by atoms with Crippen molar-refractivity contribution in [3.05, 3.63) is 17.4 Å². The second-order valence-corrected chi connectivity index (χ2v) is 4.95. The highest BCUT2D eigenvalue weighted by Crippen LogP contribution is 2.58. The van der Waals surface area contributed by atoms with Crippen LogP contribution in [0.25, 0.3) is 0 Å². The minimum absolute atomic E-state index is 0.115. The third kappa shape index (κ3) is 1.40. The van der Waals surface area contributed by atoms with E-state index in [2.05, 4.69) is 0 Å². The molecule has 1 atom stereocenters. The molecule has 4 nitrogen and oxygen atoms in total. The topological polar surface area (TPSA) is 53.7 Å². The first kappa shape index (κ1) is 11.6. The first-order chi connectivity index (χ1) is 8.60. The number of rotatable bonds is 3. The zero-order valence-electron chi connectivity index (χ0n) is 10.5. The van der Waals surface area contributed by atoms with Crippen LogP contribution in [0.15, 0.2) is 6.07 Å². The van der Waals surface area contributed by atoms with Gasteiger partial charge in [-0.05, 0) is 19.8 Å². The van der Waals surface area contributed by atoms with E-state index in [1.54, 1.807) is 0 Å². The number of ether oxygens (including phenoxy) is 3. The molecule has 0 radical (unpaired) electrons. The van der Waals surface area contributed by atoms with E-state index >= 15 is 0 Å². The molecule has 0 aromatic heterocycles. The lowest BCUT2D eigenvalue weighted by Crippen LogP contribution is -2.32. The van der Waals surface area contributed by atoms with Crippen molar-refractivity contribution in [3.63, 3.8) is 0 Å². The van der Waals surface area contributed by atoms with E-state index in [1.807, 2.05) is 6.92 Å². The van der Waals surface area contributed by atoms with Gasteiger partial charge in [-0.15, -0.1) is 0 Å². The van der Waals surface area contributed by atoms with Crippen molar-refractivity contribution in [2.45, 2.75) is 31.2 Å². The lowest BCUT2D eigenvalue weighted by atomic mass is 9.87. The summed E-state index contributed by atoms with van der Waals surface area (Å²) in [4.78, 5) is 0. The number of benzene rings is 1. The van der Waals surface area contributed by atoms with Gasteiger partial charge in [-0.25, -0.2) is 4.39 Å². The Morgan fingerprint density at radius 3 is 2.72 bits per heavy atom. The van der Waals surface area contributed by atoms with Crippen LogP contribution in [0.3, 0.4) is 0 Å². The van der Waals surface area contributed by atoms with Gasteiger partial charge in [0.1, 0.15) is 0 Å². The molecule has 18 heavy (non-hydrogen) atoms. The van der Waals surface area contributed by atoms with Gasteiger partial charge >= 0.3 is 0 Å². The van der Waals surface area contributed by atoms with Crippen LogP contribution >= 0.6 is 0 Å². The first-order valence-corrected chi connectivity index (χ1v) is 6.02. The summed E-state index contributed by atoms with van der Waals surface area (Å²) < 4.78 is 30.3. The largest absolute Gasteiger partial charge is 0.494 e. The summed E-state index contributed by atoms with van der Waals surface area (Å²) in [5.41, 5.74) is 6.20. The molecule has 0 saturated heterocycles. The molecule has 1 aromatic rings. The van der Waals surface area contributed by atoms with E-state index in [0.717, 1.165) is 12.8 Å². The molecule has 98 valence electrons. The van der Waals surface area contributed by atoms with Gasteiger partial charge in [-0.3, -0.25) is 0 Å². The van der Waals surface area contributed by atoms with Crippen molar-refractivity contribution in [1.29, 1.82) is 0 Å². The molecule has 1 heterocycles. The van der Waals surface area contributed by atoms with Crippen LogP contribution in [0.4, 0.5) is 4.39 Å². The van der Waals surface area contributed by atoms with E-state index in [1.165, 1.54) is 13.2 Å². The molecule has 1 unspecified atom stereocenters. The maximum atomic E-state index is 14.5. The molecule has 1 fully saturated rings. The minimum Gasteiger partial charge on any atom is -0.494 e. The molecule has 0 bridgehead atoms. The van der Waals surface area contributed by atoms with E-state index in [-0.39, 0.29) is 29.8 Å². The fourth-order valence-electron chi connectivity index (χ4n) is 2.66. The molecule has 1 aliphatic carbocycles. The van der Waals surface area contributed by atoms with Crippen molar-refractivity contribution in [1.82, 2.24) is 0 Å². The van der Waals surface area contributed by atoms with Crippen molar-refractivity contribution >= 4 is 0 Å². The van der Waals surface area contributed by atoms with Crippen LogP contribution in [0.5, 0.6) is 17.2 Å². The van der Waals surface area contributed by atoms with Crippen molar-refractivity contribution in [2.75, 3.05) is 13.9 Å². The monoisotopic (exact) mass is 253 g/mol. The summed E-state index contributed by atoms with van der Waals surface area (Å²) in [5.74, 6) is 0.830. The lowest BCUT2D eigenvalue weighted by Gasteiger charge is -2.23. The van der Waals surface area contributed by atoms with Crippen molar-refractivity contribution in [3.8, 4) is 17.2 Å². The Morgan fingerprint density at radius 2 is 2.17 bits per heavy atom. The number of hydrogen-bond donors (Lipinski definition) is 1. The standard InChI is InChI=1S/C13H16FNO3/c1-7(15)13(3-4-13)10-11(14)8(16-2)5-9-12(10)18-6-17-9/h5,7H,3-4,6,15H2,1-2H3. The molecular weight excluding hydrogens is 237 g/mol. The molecule has 5 heteroatoms. The number of methoxy groups -OCH3 is 1. The molecule has 1 aromatic carbocycles. The van der Waals surface area contributed by atoms with E-state index in [4.69, 9.17) is 19.9 Å². The Morgan fingerprint density at radius 1 is 1.44 bits per heavy atom. The number of hydrogen-bond acceptors (Lipinski definition) is 4. The zero-order valence-corrected chi connectivity index (χ0v) is 10.5. The lowest BCUT2D eigenvalue weighted by molar-refractivity contribution is 0.172. The highest BCUT2D eigenvalue weighted by atomic mass is 19.1. The highest BCUT2D eigenvalue weighted by Gasteiger charge is 2.52. The average Bonchev–Trinajstić information content (AvgIpc) is 3.01. The molecular formula is C13H16FNO3. The van der Waals surface area contributed by atoms with Crippen LogP contribution in [0, 0.1) is 5.82 Å². The maximum Gasteiger partial charge on any atom is 0.231 e. The Labute approximate surface area is 105 Å². The summed E-state index contributed by atoms with van der Waals surface area (Å²) in [6, 6.07) is 1.39. The van der Waals surface area contributed by atoms with Crippen molar-refractivity contribution in [2.24, 2.45) is 5.73 Å². The smallest absolute Gasteiger partial charge is 0.231 e. The van der Waals surface area contributed by atoms with Crippen LogP contribution in [-0.2, 0) is 5.41 Å². The van der Waals surface area contributed by atoms with Gasteiger partial charge in [0.15, 0.2) is 23.1 Å². The molecule has 1 saturated carbocycles. The van der Waals surface area contributed by atoms with Gasteiger partial charge in [0.25, 0.3) is 0 Å². The van der Waals surface area contributed by atoms with Gasteiger partial charge in [-0.2, -0.15) is 0 Å². The number of nitrogens with two attached hydrogens (primary N) is 1. The fourth-order valence-corrected chi connectivity index (χ4v) is 2.66. The predicted octanol–water partition coefficient (Wildman–Crippen LogP) is 1.94. The van der Waals surface area contributed by atoms with Crippen molar-refractivity contribution < 1.29 is 18.6 Å². The highest BCUT2D eigenvalue weighted by molar-refractivity contribution is 5.59. The van der Waals surface area contributed by atoms with Gasteiger partial charge in [0.05, 0.1) is 7.11 Å². The predicted molar refractivity (Wildman–Crippen MR) is 63.6 cm³/mol. The summed E-state index contributed by atoms with van der Waals surface area (Å²) in [5, 5.41) is 0. The van der Waals surface area contributed by atoms with E-state index in [9.17, 15) is 4.39 Å². The summed E-state index contributed by atoms with van der Waals surface area (Å²) >= 11 is 0. The fraction of sp³-hybridized carbons (Fsp3) is 0.538.